The van der Waals surface area contributed by atoms with Crippen molar-refractivity contribution in [3.8, 4) is 0 Å². The van der Waals surface area contributed by atoms with E-state index >= 15 is 0 Å². The predicted molar refractivity (Wildman–Crippen MR) is 48.6 cm³/mol. The summed E-state index contributed by atoms with van der Waals surface area (Å²) in [5, 5.41) is 12.2. The van der Waals surface area contributed by atoms with E-state index in [1.807, 2.05) is 0 Å². The fourth-order valence-electron chi connectivity index (χ4n) is 0.756. The van der Waals surface area contributed by atoms with Crippen molar-refractivity contribution in [2.75, 3.05) is 13.1 Å². The first-order valence-electron chi connectivity index (χ1n) is 4.42. The fraction of sp³-hybridized carbons (Fsp3) is 1.00. The van der Waals surface area contributed by atoms with Gasteiger partial charge in [0.2, 0.25) is 0 Å². The molecule has 0 saturated heterocycles. The Balaban J connectivity index is 3.24. The Labute approximate surface area is 70.0 Å². The summed E-state index contributed by atoms with van der Waals surface area (Å²) in [4.78, 5) is 0. The van der Waals surface area contributed by atoms with Crippen LogP contribution >= 0.6 is 0 Å². The van der Waals surface area contributed by atoms with Crippen molar-refractivity contribution in [2.45, 2.75) is 33.8 Å². The van der Waals surface area contributed by atoms with Crippen molar-refractivity contribution in [1.82, 2.24) is 5.32 Å². The molecular weight excluding hydrogens is 138 g/mol. The Morgan fingerprint density at radius 1 is 1.09 bits per heavy atom. The molecule has 0 spiro atoms. The summed E-state index contributed by atoms with van der Waals surface area (Å²) in [5.74, 6) is 1.41. The molecule has 2 nitrogen and oxygen atoms in total. The molecule has 11 heavy (non-hydrogen) atoms. The van der Waals surface area contributed by atoms with Gasteiger partial charge in [0.25, 0.3) is 0 Å². The number of aliphatic hydroxyl groups excluding tert-OH is 1. The molecule has 68 valence electrons. The third kappa shape index (κ3) is 6.32. The molecule has 0 fully saturated rings. The molecule has 0 heterocycles. The molecule has 0 saturated carbocycles. The van der Waals surface area contributed by atoms with Crippen LogP contribution in [0.5, 0.6) is 0 Å². The van der Waals surface area contributed by atoms with E-state index in [1.165, 1.54) is 0 Å². The van der Waals surface area contributed by atoms with Gasteiger partial charge in [-0.25, -0.2) is 0 Å². The first-order chi connectivity index (χ1) is 5.04. The molecule has 0 aromatic heterocycles. The average molecular weight is 159 g/mol. The van der Waals surface area contributed by atoms with E-state index in [9.17, 15) is 0 Å². The number of aliphatic hydroxyl groups is 1. The molecule has 0 aromatic carbocycles. The van der Waals surface area contributed by atoms with Gasteiger partial charge in [-0.2, -0.15) is 0 Å². The number of rotatable bonds is 5. The second kappa shape index (κ2) is 5.56. The van der Waals surface area contributed by atoms with Crippen LogP contribution in [0.3, 0.4) is 0 Å². The summed E-state index contributed by atoms with van der Waals surface area (Å²) < 4.78 is 0. The van der Waals surface area contributed by atoms with Gasteiger partial charge in [0.15, 0.2) is 0 Å². The normalized spacial score (nSPS) is 16.9. The minimum absolute atomic E-state index is 0.227. The zero-order valence-corrected chi connectivity index (χ0v) is 8.09. The smallest absolute Gasteiger partial charge is 0.0636 e. The lowest BCUT2D eigenvalue weighted by Gasteiger charge is -2.16. The summed E-state index contributed by atoms with van der Waals surface area (Å²) >= 11 is 0. The second-order valence-corrected chi connectivity index (χ2v) is 3.73. The molecule has 2 heteroatoms. The maximum absolute atomic E-state index is 8.94. The Bertz CT molecular complexity index is 91.6. The van der Waals surface area contributed by atoms with Crippen molar-refractivity contribution in [1.29, 1.82) is 0 Å². The summed E-state index contributed by atoms with van der Waals surface area (Å²) in [6.45, 7) is 10.2. The Hall–Kier alpha value is -0.0800. The summed E-state index contributed by atoms with van der Waals surface area (Å²) in [6, 6.07) is 0. The van der Waals surface area contributed by atoms with E-state index in [1.54, 1.807) is 6.92 Å². The van der Waals surface area contributed by atoms with Gasteiger partial charge >= 0.3 is 0 Å². The highest BCUT2D eigenvalue weighted by Crippen LogP contribution is 2.07. The molecule has 0 aliphatic carbocycles. The molecule has 1 unspecified atom stereocenters. The maximum atomic E-state index is 8.94. The minimum Gasteiger partial charge on any atom is -0.392 e. The average Bonchev–Trinajstić information content (AvgIpc) is 1.86. The van der Waals surface area contributed by atoms with Gasteiger partial charge in [0.1, 0.15) is 0 Å². The van der Waals surface area contributed by atoms with Gasteiger partial charge in [0, 0.05) is 6.54 Å². The van der Waals surface area contributed by atoms with Crippen molar-refractivity contribution in [2.24, 2.45) is 11.8 Å². The lowest BCUT2D eigenvalue weighted by molar-refractivity contribution is 0.187. The minimum atomic E-state index is -0.227. The van der Waals surface area contributed by atoms with Crippen LogP contribution in [0.4, 0.5) is 0 Å². The summed E-state index contributed by atoms with van der Waals surface area (Å²) in [7, 11) is 0. The zero-order chi connectivity index (χ0) is 8.85. The highest BCUT2D eigenvalue weighted by Gasteiger charge is 2.05. The van der Waals surface area contributed by atoms with Crippen LogP contribution in [-0.2, 0) is 0 Å². The van der Waals surface area contributed by atoms with Gasteiger partial charge in [-0.3, -0.25) is 0 Å². The monoisotopic (exact) mass is 159 g/mol. The standard InChI is InChI=1S/C9H21NO/c1-7(2)8(3)5-10-6-9(4)11/h7-11H,5-6H2,1-4H3/t8?,9-/m0/s1. The first-order valence-corrected chi connectivity index (χ1v) is 4.42. The number of hydrogen-bond donors (Lipinski definition) is 2. The van der Waals surface area contributed by atoms with Crippen LogP contribution in [0.1, 0.15) is 27.7 Å². The van der Waals surface area contributed by atoms with Crippen molar-refractivity contribution >= 4 is 0 Å². The topological polar surface area (TPSA) is 32.3 Å². The molecular formula is C9H21NO. The highest BCUT2D eigenvalue weighted by atomic mass is 16.3. The quantitative estimate of drug-likeness (QED) is 0.633. The summed E-state index contributed by atoms with van der Waals surface area (Å²) in [6.07, 6.45) is -0.227. The van der Waals surface area contributed by atoms with Crippen LogP contribution in [0.2, 0.25) is 0 Å². The third-order valence-electron chi connectivity index (χ3n) is 2.04. The number of nitrogens with one attached hydrogen (secondary N) is 1. The predicted octanol–water partition coefficient (Wildman–Crippen LogP) is 1.25. The highest BCUT2D eigenvalue weighted by molar-refractivity contribution is 4.61. The van der Waals surface area contributed by atoms with Gasteiger partial charge < -0.3 is 10.4 Å². The van der Waals surface area contributed by atoms with Crippen molar-refractivity contribution in [3.63, 3.8) is 0 Å². The largest absolute Gasteiger partial charge is 0.392 e. The van der Waals surface area contributed by atoms with E-state index in [-0.39, 0.29) is 6.10 Å². The third-order valence-corrected chi connectivity index (χ3v) is 2.04. The van der Waals surface area contributed by atoms with Gasteiger partial charge in [0.05, 0.1) is 6.10 Å². The van der Waals surface area contributed by atoms with E-state index < -0.39 is 0 Å². The molecule has 0 bridgehead atoms. The molecule has 0 rings (SSSR count). The molecule has 0 radical (unpaired) electrons. The summed E-state index contributed by atoms with van der Waals surface area (Å²) in [5.41, 5.74) is 0. The van der Waals surface area contributed by atoms with Gasteiger partial charge in [-0.05, 0) is 25.3 Å². The zero-order valence-electron chi connectivity index (χ0n) is 8.09. The van der Waals surface area contributed by atoms with Crippen LogP contribution < -0.4 is 5.32 Å². The molecule has 2 atom stereocenters. The Morgan fingerprint density at radius 3 is 2.00 bits per heavy atom. The van der Waals surface area contributed by atoms with Crippen LogP contribution in [-0.4, -0.2) is 24.3 Å². The van der Waals surface area contributed by atoms with Crippen molar-refractivity contribution < 1.29 is 5.11 Å². The second-order valence-electron chi connectivity index (χ2n) is 3.73. The number of hydrogen-bond acceptors (Lipinski definition) is 2. The Morgan fingerprint density at radius 2 is 1.64 bits per heavy atom. The Kier molecular flexibility index (Phi) is 5.51. The van der Waals surface area contributed by atoms with Crippen LogP contribution in [0, 0.1) is 11.8 Å². The molecule has 0 aromatic rings. The first kappa shape index (κ1) is 10.9. The van der Waals surface area contributed by atoms with Crippen LogP contribution in [0.15, 0.2) is 0 Å². The molecule has 0 aliphatic rings. The fourth-order valence-corrected chi connectivity index (χ4v) is 0.756. The van der Waals surface area contributed by atoms with Crippen LogP contribution in [0.25, 0.3) is 0 Å². The van der Waals surface area contributed by atoms with Gasteiger partial charge in [-0.15, -0.1) is 0 Å². The lowest BCUT2D eigenvalue weighted by Crippen LogP contribution is -2.30. The van der Waals surface area contributed by atoms with E-state index in [4.69, 9.17) is 5.11 Å². The van der Waals surface area contributed by atoms with E-state index in [2.05, 4.69) is 26.1 Å². The van der Waals surface area contributed by atoms with E-state index in [0.717, 1.165) is 12.5 Å². The molecule has 0 aliphatic heterocycles. The lowest BCUT2D eigenvalue weighted by atomic mass is 9.98. The maximum Gasteiger partial charge on any atom is 0.0636 e. The van der Waals surface area contributed by atoms with E-state index in [0.29, 0.717) is 12.5 Å². The SMILES string of the molecule is CC(C)C(C)CNC[C@H](C)O. The van der Waals surface area contributed by atoms with Gasteiger partial charge in [-0.1, -0.05) is 20.8 Å². The molecule has 2 N–H and O–H groups in total. The molecule has 0 amide bonds. The van der Waals surface area contributed by atoms with Crippen molar-refractivity contribution in [3.05, 3.63) is 0 Å².